The van der Waals surface area contributed by atoms with E-state index in [-0.39, 0.29) is 0 Å². The van der Waals surface area contributed by atoms with Gasteiger partial charge in [-0.3, -0.25) is 4.21 Å². The normalized spacial score (nSPS) is 22.0. The summed E-state index contributed by atoms with van der Waals surface area (Å²) in [5.41, 5.74) is 1.03. The summed E-state index contributed by atoms with van der Waals surface area (Å²) in [5.74, 6) is 3.28. The second-order valence-electron chi connectivity index (χ2n) is 5.29. The first-order chi connectivity index (χ1) is 10.2. The van der Waals surface area contributed by atoms with Gasteiger partial charge in [-0.25, -0.2) is 9.97 Å². The molecular weight excluding hydrogens is 282 g/mol. The third kappa shape index (κ3) is 3.29. The van der Waals surface area contributed by atoms with E-state index in [1.807, 2.05) is 42.6 Å². The molecule has 0 amide bonds. The predicted octanol–water partition coefficient (Wildman–Crippen LogP) is 2.49. The summed E-state index contributed by atoms with van der Waals surface area (Å²) in [6.45, 7) is 0. The summed E-state index contributed by atoms with van der Waals surface area (Å²) in [6, 6.07) is 12.4. The summed E-state index contributed by atoms with van der Waals surface area (Å²) < 4.78 is 11.5. The second kappa shape index (κ2) is 6.35. The van der Waals surface area contributed by atoms with Crippen LogP contribution in [0.5, 0.6) is 0 Å². The van der Waals surface area contributed by atoms with Crippen LogP contribution in [-0.2, 0) is 10.8 Å². The number of hydrogen-bond acceptors (Lipinski definition) is 4. The van der Waals surface area contributed by atoms with Gasteiger partial charge in [0.05, 0.1) is 0 Å². The van der Waals surface area contributed by atoms with Crippen molar-refractivity contribution in [1.29, 1.82) is 0 Å². The van der Waals surface area contributed by atoms with Crippen molar-refractivity contribution < 1.29 is 4.21 Å². The average Bonchev–Trinajstić information content (AvgIpc) is 2.56. The van der Waals surface area contributed by atoms with E-state index in [9.17, 15) is 4.21 Å². The van der Waals surface area contributed by atoms with Crippen molar-refractivity contribution in [3.63, 3.8) is 0 Å². The van der Waals surface area contributed by atoms with Gasteiger partial charge >= 0.3 is 0 Å². The molecule has 4 nitrogen and oxygen atoms in total. The fourth-order valence-corrected chi connectivity index (χ4v) is 3.90. The zero-order valence-corrected chi connectivity index (χ0v) is 12.9. The Hall–Kier alpha value is -1.75. The first kappa shape index (κ1) is 14.2. The van der Waals surface area contributed by atoms with Crippen LogP contribution in [-0.4, -0.2) is 38.8 Å². The summed E-state index contributed by atoms with van der Waals surface area (Å²) in [7, 11) is 1.44. The number of benzene rings is 1. The number of nitrogens with zero attached hydrogens (tertiary/aromatic N) is 3. The van der Waals surface area contributed by atoms with Crippen LogP contribution in [0.25, 0.3) is 11.4 Å². The van der Waals surface area contributed by atoms with Gasteiger partial charge in [0.2, 0.25) is 0 Å². The zero-order valence-electron chi connectivity index (χ0n) is 12.1. The molecule has 3 rings (SSSR count). The highest BCUT2D eigenvalue weighted by atomic mass is 32.2. The standard InChI is InChI=1S/C16H19N3OS/c1-19(14-8-11-21(20)12-9-14)15-7-10-17-16(18-15)13-5-3-2-4-6-13/h2-7,10,14H,8-9,11-12H2,1H3. The molecule has 1 aromatic carbocycles. The molecule has 0 bridgehead atoms. The lowest BCUT2D eigenvalue weighted by atomic mass is 10.1. The fraction of sp³-hybridized carbons (Fsp3) is 0.375. The van der Waals surface area contributed by atoms with Gasteiger partial charge < -0.3 is 4.90 Å². The van der Waals surface area contributed by atoms with Crippen molar-refractivity contribution in [2.24, 2.45) is 0 Å². The molecular formula is C16H19N3OS. The largest absolute Gasteiger partial charge is 0.357 e. The van der Waals surface area contributed by atoms with E-state index in [1.54, 1.807) is 0 Å². The first-order valence-electron chi connectivity index (χ1n) is 7.20. The molecule has 1 aliphatic heterocycles. The van der Waals surface area contributed by atoms with Gasteiger partial charge in [0.15, 0.2) is 5.82 Å². The minimum atomic E-state index is -0.627. The van der Waals surface area contributed by atoms with Crippen LogP contribution < -0.4 is 4.90 Å². The molecule has 1 fully saturated rings. The molecule has 1 aromatic heterocycles. The maximum atomic E-state index is 11.5. The fourth-order valence-electron chi connectivity index (χ4n) is 2.63. The molecule has 1 aliphatic rings. The van der Waals surface area contributed by atoms with Crippen molar-refractivity contribution in [3.05, 3.63) is 42.6 Å². The highest BCUT2D eigenvalue weighted by Crippen LogP contribution is 2.22. The molecule has 21 heavy (non-hydrogen) atoms. The van der Waals surface area contributed by atoms with Gasteiger partial charge in [0.1, 0.15) is 5.82 Å². The number of hydrogen-bond donors (Lipinski definition) is 0. The van der Waals surface area contributed by atoms with Crippen LogP contribution in [0.1, 0.15) is 12.8 Å². The molecule has 2 aromatic rings. The van der Waals surface area contributed by atoms with E-state index >= 15 is 0 Å². The highest BCUT2D eigenvalue weighted by Gasteiger charge is 2.22. The van der Waals surface area contributed by atoms with E-state index < -0.39 is 10.8 Å². The number of anilines is 1. The molecule has 0 atom stereocenters. The monoisotopic (exact) mass is 301 g/mol. The van der Waals surface area contributed by atoms with Gasteiger partial charge in [-0.15, -0.1) is 0 Å². The van der Waals surface area contributed by atoms with Crippen LogP contribution in [0.3, 0.4) is 0 Å². The summed E-state index contributed by atoms with van der Waals surface area (Å²) in [6.07, 6.45) is 3.74. The number of aromatic nitrogens is 2. The molecule has 0 radical (unpaired) electrons. The predicted molar refractivity (Wildman–Crippen MR) is 86.8 cm³/mol. The number of rotatable bonds is 3. The topological polar surface area (TPSA) is 46.1 Å². The molecule has 2 heterocycles. The lowest BCUT2D eigenvalue weighted by Crippen LogP contribution is -2.37. The van der Waals surface area contributed by atoms with E-state index in [1.165, 1.54) is 0 Å². The van der Waals surface area contributed by atoms with Crippen LogP contribution >= 0.6 is 0 Å². The van der Waals surface area contributed by atoms with Crippen molar-refractivity contribution in [2.45, 2.75) is 18.9 Å². The Kier molecular flexibility index (Phi) is 4.29. The van der Waals surface area contributed by atoms with Crippen LogP contribution in [0.4, 0.5) is 5.82 Å². The molecule has 0 saturated carbocycles. The Morgan fingerprint density at radius 2 is 1.86 bits per heavy atom. The van der Waals surface area contributed by atoms with Gasteiger partial charge in [-0.1, -0.05) is 30.3 Å². The van der Waals surface area contributed by atoms with Gasteiger partial charge in [0, 0.05) is 47.2 Å². The summed E-state index contributed by atoms with van der Waals surface area (Å²) in [4.78, 5) is 11.2. The molecule has 0 aliphatic carbocycles. The maximum Gasteiger partial charge on any atom is 0.161 e. The SMILES string of the molecule is CN(c1ccnc(-c2ccccc2)n1)C1CCS(=O)CC1. The van der Waals surface area contributed by atoms with Crippen LogP contribution in [0, 0.1) is 0 Å². The minimum Gasteiger partial charge on any atom is -0.357 e. The van der Waals surface area contributed by atoms with Crippen LogP contribution in [0.15, 0.2) is 42.6 Å². The Balaban J connectivity index is 1.81. The molecule has 110 valence electrons. The molecule has 1 saturated heterocycles. The van der Waals surface area contributed by atoms with Gasteiger partial charge in [0.25, 0.3) is 0 Å². The average molecular weight is 301 g/mol. The summed E-state index contributed by atoms with van der Waals surface area (Å²) in [5, 5.41) is 0. The lowest BCUT2D eigenvalue weighted by molar-refractivity contribution is 0.566. The quantitative estimate of drug-likeness (QED) is 0.874. The van der Waals surface area contributed by atoms with Crippen molar-refractivity contribution in [1.82, 2.24) is 9.97 Å². The van der Waals surface area contributed by atoms with Crippen LogP contribution in [0.2, 0.25) is 0 Å². The van der Waals surface area contributed by atoms with E-state index in [0.29, 0.717) is 6.04 Å². The Bertz CT molecular complexity index is 622. The van der Waals surface area contributed by atoms with Gasteiger partial charge in [-0.05, 0) is 18.9 Å². The summed E-state index contributed by atoms with van der Waals surface area (Å²) >= 11 is 0. The van der Waals surface area contributed by atoms with Crippen molar-refractivity contribution in [2.75, 3.05) is 23.5 Å². The smallest absolute Gasteiger partial charge is 0.161 e. The van der Waals surface area contributed by atoms with E-state index in [0.717, 1.165) is 41.6 Å². The first-order valence-corrected chi connectivity index (χ1v) is 8.69. The molecule has 5 heteroatoms. The van der Waals surface area contributed by atoms with Gasteiger partial charge in [-0.2, -0.15) is 0 Å². The highest BCUT2D eigenvalue weighted by molar-refractivity contribution is 7.85. The maximum absolute atomic E-state index is 11.5. The van der Waals surface area contributed by atoms with Crippen molar-refractivity contribution in [3.8, 4) is 11.4 Å². The van der Waals surface area contributed by atoms with Crippen molar-refractivity contribution >= 4 is 16.6 Å². The molecule has 0 spiro atoms. The Labute approximate surface area is 127 Å². The zero-order chi connectivity index (χ0) is 14.7. The third-order valence-corrected chi connectivity index (χ3v) is 5.32. The molecule has 0 N–H and O–H groups in total. The Morgan fingerprint density at radius 3 is 2.57 bits per heavy atom. The minimum absolute atomic E-state index is 0.418. The lowest BCUT2D eigenvalue weighted by Gasteiger charge is -2.31. The van der Waals surface area contributed by atoms with E-state index in [4.69, 9.17) is 0 Å². The second-order valence-corrected chi connectivity index (χ2v) is 6.99. The molecule has 0 unspecified atom stereocenters. The Morgan fingerprint density at radius 1 is 1.14 bits per heavy atom. The van der Waals surface area contributed by atoms with E-state index in [2.05, 4.69) is 21.9 Å². The third-order valence-electron chi connectivity index (χ3n) is 3.94.